The lowest BCUT2D eigenvalue weighted by atomic mass is 9.32. The summed E-state index contributed by atoms with van der Waals surface area (Å²) >= 11 is 0. The quantitative estimate of drug-likeness (QED) is 0.351. The zero-order valence-electron chi connectivity index (χ0n) is 31.1. The Hall–Kier alpha value is -2.21. The van der Waals surface area contributed by atoms with Gasteiger partial charge >= 0.3 is 0 Å². The van der Waals surface area contributed by atoms with Gasteiger partial charge in [-0.2, -0.15) is 4.98 Å². The van der Waals surface area contributed by atoms with E-state index in [1.807, 2.05) is 30.3 Å². The number of hydrogen-bond acceptors (Lipinski definition) is 5. The van der Waals surface area contributed by atoms with E-state index in [1.54, 1.807) is 0 Å². The van der Waals surface area contributed by atoms with E-state index >= 15 is 4.79 Å². The third-order valence-electron chi connectivity index (χ3n) is 18.0. The monoisotopic (exact) mass is 667 g/mol. The Bertz CT molecular complexity index is 1610. The van der Waals surface area contributed by atoms with Crippen LogP contribution in [0.2, 0.25) is 0 Å². The highest BCUT2D eigenvalue weighted by Crippen LogP contribution is 2.79. The number of aliphatic hydroxyl groups is 1. The maximum absolute atomic E-state index is 15.5. The van der Waals surface area contributed by atoms with Gasteiger partial charge < -0.3 is 14.5 Å². The minimum absolute atomic E-state index is 0.0240. The third kappa shape index (κ3) is 4.31. The zero-order chi connectivity index (χ0) is 34.2. The number of carbonyl (C=O) groups excluding carboxylic acids is 1. The number of likely N-dealkylation sites (tertiary alicyclic amines) is 1. The van der Waals surface area contributed by atoms with Crippen molar-refractivity contribution in [1.82, 2.24) is 15.0 Å². The Morgan fingerprint density at radius 2 is 1.57 bits per heavy atom. The van der Waals surface area contributed by atoms with Crippen molar-refractivity contribution in [2.75, 3.05) is 6.54 Å². The van der Waals surface area contributed by atoms with Crippen LogP contribution in [0.3, 0.4) is 0 Å². The lowest BCUT2D eigenvalue weighted by molar-refractivity contribution is -0.249. The molecule has 6 nitrogen and oxygen atoms in total. The summed E-state index contributed by atoms with van der Waals surface area (Å²) in [7, 11) is 0. The molecule has 1 N–H and O–H groups in total. The number of rotatable bonds is 4. The van der Waals surface area contributed by atoms with Gasteiger partial charge in [-0.05, 0) is 147 Å². The van der Waals surface area contributed by atoms with Crippen molar-refractivity contribution in [1.29, 1.82) is 0 Å². The SMILES string of the molecule is CC1([C@@H]2CC[C@]3(C(=O)N4CCC[C@@H]4c4nc(-c5ccccc5)no4)CC[C@]4(C)[C@H](CC[C@@H]5[C@@]6(C)CC[C@H](O)C(C)(C)[C@@H]6CC[C@]54C)[C@@H]23)CC1. The summed E-state index contributed by atoms with van der Waals surface area (Å²) in [5, 5.41) is 15.5. The largest absolute Gasteiger partial charge is 0.393 e. The Kier molecular flexibility index (Phi) is 7.12. The van der Waals surface area contributed by atoms with E-state index in [9.17, 15) is 5.11 Å². The van der Waals surface area contributed by atoms with Crippen LogP contribution in [0.4, 0.5) is 0 Å². The molecule has 1 aliphatic heterocycles. The first kappa shape index (κ1) is 32.7. The molecule has 9 rings (SSSR count). The Morgan fingerprint density at radius 3 is 2.33 bits per heavy atom. The number of aliphatic hydroxyl groups excluding tert-OH is 1. The van der Waals surface area contributed by atoms with E-state index in [1.165, 1.54) is 51.4 Å². The fourth-order valence-electron chi connectivity index (χ4n) is 14.9. The lowest BCUT2D eigenvalue weighted by Gasteiger charge is -2.73. The molecule has 7 aliphatic rings. The fourth-order valence-corrected chi connectivity index (χ4v) is 14.9. The van der Waals surface area contributed by atoms with Gasteiger partial charge in [-0.15, -0.1) is 0 Å². The van der Waals surface area contributed by atoms with Gasteiger partial charge in [0.25, 0.3) is 0 Å². The zero-order valence-corrected chi connectivity index (χ0v) is 31.1. The molecular weight excluding hydrogens is 606 g/mol. The summed E-state index contributed by atoms with van der Waals surface area (Å²) in [6.07, 6.45) is 16.0. The molecule has 49 heavy (non-hydrogen) atoms. The highest BCUT2D eigenvalue weighted by Gasteiger charge is 2.73. The van der Waals surface area contributed by atoms with Crippen molar-refractivity contribution in [3.8, 4) is 11.4 Å². The minimum atomic E-state index is -0.271. The molecule has 0 spiro atoms. The number of fused-ring (bicyclic) bond motifs is 7. The topological polar surface area (TPSA) is 79.5 Å². The van der Waals surface area contributed by atoms with Crippen LogP contribution in [-0.4, -0.2) is 38.7 Å². The second kappa shape index (κ2) is 10.7. The van der Waals surface area contributed by atoms with Gasteiger partial charge in [0, 0.05) is 12.1 Å². The average Bonchev–Trinajstić information content (AvgIpc) is 3.48. The predicted octanol–water partition coefficient (Wildman–Crippen LogP) is 9.64. The second-order valence-electron chi connectivity index (χ2n) is 20.0. The van der Waals surface area contributed by atoms with Crippen LogP contribution in [0.15, 0.2) is 34.9 Å². The van der Waals surface area contributed by atoms with Crippen LogP contribution in [-0.2, 0) is 4.79 Å². The molecule has 1 aromatic heterocycles. The molecule has 1 saturated heterocycles. The molecule has 6 aliphatic carbocycles. The standard InChI is InChI=1S/C43H61N3O3/c1-38(2)31-17-20-42(6)32(40(31,4)19-18-33(38)47)15-14-29-34-28(39(3)22-23-39)16-21-43(34,25-24-41(29,42)5)37(48)46-26-10-13-30(46)36-44-35(45-49-36)27-11-8-7-9-12-27/h7-9,11-12,28-34,47H,10,13-26H2,1-6H3/t28-,29-,30-,31+,32-,33+,34-,40+,41-,42-,43+/m1/s1. The van der Waals surface area contributed by atoms with E-state index in [0.717, 1.165) is 50.6 Å². The van der Waals surface area contributed by atoms with Crippen LogP contribution in [0.25, 0.3) is 11.4 Å². The molecule has 1 amide bonds. The molecule has 266 valence electrons. The molecule has 6 saturated carbocycles. The van der Waals surface area contributed by atoms with Crippen LogP contribution in [0.5, 0.6) is 0 Å². The molecule has 11 atom stereocenters. The van der Waals surface area contributed by atoms with E-state index in [0.29, 0.717) is 52.6 Å². The van der Waals surface area contributed by atoms with Crippen molar-refractivity contribution >= 4 is 5.91 Å². The van der Waals surface area contributed by atoms with Crippen LogP contribution >= 0.6 is 0 Å². The Balaban J connectivity index is 1.06. The number of hydrogen-bond donors (Lipinski definition) is 1. The van der Waals surface area contributed by atoms with Crippen molar-refractivity contribution in [2.45, 2.75) is 144 Å². The molecule has 1 aromatic carbocycles. The number of nitrogens with zero attached hydrogens (tertiary/aromatic N) is 3. The minimum Gasteiger partial charge on any atom is -0.393 e. The predicted molar refractivity (Wildman–Crippen MR) is 191 cm³/mol. The molecule has 6 heteroatoms. The number of amides is 1. The van der Waals surface area contributed by atoms with Gasteiger partial charge in [0.2, 0.25) is 17.6 Å². The highest BCUT2D eigenvalue weighted by atomic mass is 16.5. The number of benzene rings is 1. The summed E-state index contributed by atoms with van der Waals surface area (Å²) in [5.74, 6) is 4.61. The maximum atomic E-state index is 15.5. The first-order valence-electron chi connectivity index (χ1n) is 20.2. The second-order valence-corrected chi connectivity index (χ2v) is 20.0. The van der Waals surface area contributed by atoms with Crippen molar-refractivity contribution in [3.63, 3.8) is 0 Å². The normalized spacial score (nSPS) is 46.3. The van der Waals surface area contributed by atoms with Crippen LogP contribution < -0.4 is 0 Å². The number of aromatic nitrogens is 2. The fraction of sp³-hybridized carbons (Fsp3) is 0.791. The van der Waals surface area contributed by atoms with Gasteiger partial charge in [-0.25, -0.2) is 0 Å². The van der Waals surface area contributed by atoms with Crippen LogP contribution in [0, 0.1) is 62.1 Å². The number of carbonyl (C=O) groups is 1. The molecule has 2 aromatic rings. The van der Waals surface area contributed by atoms with Crippen molar-refractivity contribution in [2.24, 2.45) is 62.1 Å². The molecule has 2 heterocycles. The lowest BCUT2D eigenvalue weighted by Crippen LogP contribution is -2.67. The summed E-state index contributed by atoms with van der Waals surface area (Å²) in [6.45, 7) is 16.1. The first-order chi connectivity index (χ1) is 23.3. The summed E-state index contributed by atoms with van der Waals surface area (Å²) in [6, 6.07) is 9.93. The first-order valence-corrected chi connectivity index (χ1v) is 20.2. The Labute approximate surface area is 294 Å². The molecule has 0 unspecified atom stereocenters. The molecule has 0 radical (unpaired) electrons. The van der Waals surface area contributed by atoms with Crippen LogP contribution in [0.1, 0.15) is 143 Å². The summed E-state index contributed by atoms with van der Waals surface area (Å²) in [4.78, 5) is 22.6. The summed E-state index contributed by atoms with van der Waals surface area (Å²) < 4.78 is 5.94. The van der Waals surface area contributed by atoms with E-state index in [-0.39, 0.29) is 39.2 Å². The van der Waals surface area contributed by atoms with Gasteiger partial charge in [0.05, 0.1) is 11.5 Å². The van der Waals surface area contributed by atoms with E-state index in [2.05, 4.69) is 51.6 Å². The molecule has 7 fully saturated rings. The van der Waals surface area contributed by atoms with Gasteiger partial charge in [0.15, 0.2) is 0 Å². The average molecular weight is 668 g/mol. The van der Waals surface area contributed by atoms with Gasteiger partial charge in [-0.3, -0.25) is 4.79 Å². The summed E-state index contributed by atoms with van der Waals surface area (Å²) in [5.41, 5.74) is 1.83. The third-order valence-corrected chi connectivity index (χ3v) is 18.0. The van der Waals surface area contributed by atoms with Crippen molar-refractivity contribution < 1.29 is 14.4 Å². The molecule has 0 bridgehead atoms. The maximum Gasteiger partial charge on any atom is 0.249 e. The highest BCUT2D eigenvalue weighted by molar-refractivity contribution is 5.84. The van der Waals surface area contributed by atoms with Crippen molar-refractivity contribution in [3.05, 3.63) is 36.2 Å². The van der Waals surface area contributed by atoms with E-state index in [4.69, 9.17) is 9.51 Å². The van der Waals surface area contributed by atoms with Gasteiger partial charge in [0.1, 0.15) is 6.04 Å². The van der Waals surface area contributed by atoms with E-state index < -0.39 is 0 Å². The molecular formula is C43H61N3O3. The smallest absolute Gasteiger partial charge is 0.249 e. The Morgan fingerprint density at radius 1 is 0.796 bits per heavy atom. The van der Waals surface area contributed by atoms with Gasteiger partial charge in [-0.1, -0.05) is 77.0 Å².